The van der Waals surface area contributed by atoms with Crippen LogP contribution in [-0.2, 0) is 26.4 Å². The number of benzene rings is 1. The molecule has 0 spiro atoms. The standard InChI is InChI=1S/C17H23BrF2N2O3S2/c1-15(2,3)26(23)22-17(9-19,11-27(24,25)16(4,5)10-21)13-8-12(18)6-7-14(13)20/h6-8,22H,9,11H2,1-5H3/t17-,26+/m1/s1. The molecule has 1 aromatic rings. The van der Waals surface area contributed by atoms with Crippen molar-refractivity contribution >= 4 is 36.8 Å². The molecule has 152 valence electrons. The summed E-state index contributed by atoms with van der Waals surface area (Å²) in [6.07, 6.45) is 0. The van der Waals surface area contributed by atoms with Crippen molar-refractivity contribution in [2.24, 2.45) is 0 Å². The smallest absolute Gasteiger partial charge is 0.171 e. The summed E-state index contributed by atoms with van der Waals surface area (Å²) in [5.41, 5.74) is -2.41. The molecule has 0 fully saturated rings. The molecule has 0 bridgehead atoms. The van der Waals surface area contributed by atoms with Crippen LogP contribution in [0.1, 0.15) is 40.2 Å². The predicted octanol–water partition coefficient (Wildman–Crippen LogP) is 3.52. The van der Waals surface area contributed by atoms with Gasteiger partial charge in [-0.1, -0.05) is 15.9 Å². The first kappa shape index (κ1) is 24.1. The summed E-state index contributed by atoms with van der Waals surface area (Å²) < 4.78 is 67.4. The maximum Gasteiger partial charge on any atom is 0.171 e. The van der Waals surface area contributed by atoms with Gasteiger partial charge in [-0.15, -0.1) is 0 Å². The summed E-state index contributed by atoms with van der Waals surface area (Å²) in [6.45, 7) is 5.87. The van der Waals surface area contributed by atoms with Crippen molar-refractivity contribution in [2.75, 3.05) is 12.4 Å². The van der Waals surface area contributed by atoms with Crippen molar-refractivity contribution in [3.05, 3.63) is 34.1 Å². The zero-order valence-corrected chi connectivity index (χ0v) is 19.0. The monoisotopic (exact) mass is 484 g/mol. The molecule has 0 heterocycles. The summed E-state index contributed by atoms with van der Waals surface area (Å²) in [5.74, 6) is -1.79. The second-order valence-corrected chi connectivity index (χ2v) is 13.1. The van der Waals surface area contributed by atoms with Crippen LogP contribution >= 0.6 is 15.9 Å². The number of alkyl halides is 1. The molecule has 0 saturated heterocycles. The van der Waals surface area contributed by atoms with Crippen LogP contribution in [0.5, 0.6) is 0 Å². The lowest BCUT2D eigenvalue weighted by molar-refractivity contribution is 0.303. The third-order valence-electron chi connectivity index (χ3n) is 4.00. The minimum atomic E-state index is -4.23. The maximum atomic E-state index is 14.6. The van der Waals surface area contributed by atoms with Crippen LogP contribution in [0, 0.1) is 17.1 Å². The highest BCUT2D eigenvalue weighted by atomic mass is 79.9. The van der Waals surface area contributed by atoms with Gasteiger partial charge in [0.25, 0.3) is 0 Å². The molecular weight excluding hydrogens is 462 g/mol. The molecule has 0 saturated carbocycles. The Labute approximate surface area is 170 Å². The number of sulfone groups is 1. The molecule has 2 atom stereocenters. The summed E-state index contributed by atoms with van der Waals surface area (Å²) in [4.78, 5) is 0. The van der Waals surface area contributed by atoms with Crippen molar-refractivity contribution in [1.82, 2.24) is 4.72 Å². The zero-order chi connectivity index (χ0) is 21.3. The number of nitrogens with one attached hydrogen (secondary N) is 1. The second kappa shape index (κ2) is 8.23. The van der Waals surface area contributed by atoms with Crippen LogP contribution in [0.4, 0.5) is 8.78 Å². The van der Waals surface area contributed by atoms with Crippen LogP contribution in [0.25, 0.3) is 0 Å². The average molecular weight is 485 g/mol. The van der Waals surface area contributed by atoms with Crippen molar-refractivity contribution in [3.8, 4) is 6.07 Å². The molecule has 0 unspecified atom stereocenters. The molecule has 10 heteroatoms. The average Bonchev–Trinajstić information content (AvgIpc) is 2.54. The van der Waals surface area contributed by atoms with E-state index < -0.39 is 54.1 Å². The van der Waals surface area contributed by atoms with E-state index in [2.05, 4.69) is 20.7 Å². The van der Waals surface area contributed by atoms with Gasteiger partial charge in [0, 0.05) is 10.0 Å². The number of nitriles is 1. The van der Waals surface area contributed by atoms with Crippen molar-refractivity contribution < 1.29 is 21.4 Å². The number of halogens is 3. The van der Waals surface area contributed by atoms with E-state index in [0.717, 1.165) is 6.07 Å². The molecule has 0 aliphatic rings. The predicted molar refractivity (Wildman–Crippen MR) is 106 cm³/mol. The van der Waals surface area contributed by atoms with E-state index in [1.54, 1.807) is 26.8 Å². The molecule has 0 aliphatic heterocycles. The second-order valence-electron chi connectivity index (χ2n) is 7.70. The van der Waals surface area contributed by atoms with Crippen LogP contribution in [0.3, 0.4) is 0 Å². The Kier molecular flexibility index (Phi) is 7.36. The van der Waals surface area contributed by atoms with E-state index in [9.17, 15) is 26.7 Å². The van der Waals surface area contributed by atoms with Gasteiger partial charge in [0.15, 0.2) is 14.6 Å². The van der Waals surface area contributed by atoms with E-state index in [4.69, 9.17) is 0 Å². The van der Waals surface area contributed by atoms with Gasteiger partial charge in [-0.2, -0.15) is 5.26 Å². The summed E-state index contributed by atoms with van der Waals surface area (Å²) in [5, 5.41) is 9.19. The van der Waals surface area contributed by atoms with Crippen molar-refractivity contribution in [1.29, 1.82) is 5.26 Å². The molecule has 5 nitrogen and oxygen atoms in total. The Hall–Kier alpha value is -0.890. The molecule has 1 rings (SSSR count). The van der Waals surface area contributed by atoms with Crippen LogP contribution < -0.4 is 4.72 Å². The Bertz CT molecular complexity index is 877. The highest BCUT2D eigenvalue weighted by molar-refractivity contribution is 9.10. The Balaban J connectivity index is 3.68. The first-order valence-electron chi connectivity index (χ1n) is 7.97. The fraction of sp³-hybridized carbons (Fsp3) is 0.588. The fourth-order valence-corrected chi connectivity index (χ4v) is 4.87. The number of nitrogens with zero attached hydrogens (tertiary/aromatic N) is 1. The molecule has 1 N–H and O–H groups in total. The van der Waals surface area contributed by atoms with Gasteiger partial charge in [0.05, 0.1) is 27.6 Å². The van der Waals surface area contributed by atoms with Gasteiger partial charge in [0.2, 0.25) is 0 Å². The number of hydrogen-bond acceptors (Lipinski definition) is 4. The Morgan fingerprint density at radius 2 is 1.81 bits per heavy atom. The van der Waals surface area contributed by atoms with E-state index >= 15 is 0 Å². The Morgan fingerprint density at radius 3 is 2.26 bits per heavy atom. The van der Waals surface area contributed by atoms with E-state index in [1.165, 1.54) is 26.0 Å². The van der Waals surface area contributed by atoms with Gasteiger partial charge < -0.3 is 0 Å². The Morgan fingerprint density at radius 1 is 1.26 bits per heavy atom. The van der Waals surface area contributed by atoms with E-state index in [-0.39, 0.29) is 5.56 Å². The molecule has 0 aromatic heterocycles. The zero-order valence-electron chi connectivity index (χ0n) is 15.8. The first-order chi connectivity index (χ1) is 12.1. The highest BCUT2D eigenvalue weighted by Crippen LogP contribution is 2.33. The molecule has 0 aliphatic carbocycles. The van der Waals surface area contributed by atoms with E-state index in [0.29, 0.717) is 4.47 Å². The van der Waals surface area contributed by atoms with Crippen molar-refractivity contribution in [3.63, 3.8) is 0 Å². The maximum absolute atomic E-state index is 14.6. The topological polar surface area (TPSA) is 87.0 Å². The van der Waals surface area contributed by atoms with Gasteiger partial charge in [0.1, 0.15) is 18.0 Å². The van der Waals surface area contributed by atoms with Crippen LogP contribution in [0.2, 0.25) is 0 Å². The normalized spacial score (nSPS) is 16.4. The molecule has 27 heavy (non-hydrogen) atoms. The lowest BCUT2D eigenvalue weighted by Crippen LogP contribution is -2.55. The van der Waals surface area contributed by atoms with Crippen LogP contribution in [0.15, 0.2) is 22.7 Å². The first-order valence-corrected chi connectivity index (χ1v) is 11.6. The molecule has 0 amide bonds. The SMILES string of the molecule is CC(C)(C)[S@](=O)N[C@](CF)(CS(=O)(=O)C(C)(C)C#N)c1cc(Br)ccc1F. The minimum absolute atomic E-state index is 0.283. The summed E-state index contributed by atoms with van der Waals surface area (Å²) >= 11 is 3.16. The molecule has 0 radical (unpaired) electrons. The van der Waals surface area contributed by atoms with Gasteiger partial charge in [-0.25, -0.2) is 26.1 Å². The van der Waals surface area contributed by atoms with Gasteiger partial charge in [-0.05, 0) is 52.8 Å². The highest BCUT2D eigenvalue weighted by Gasteiger charge is 2.47. The van der Waals surface area contributed by atoms with E-state index in [1.807, 2.05) is 0 Å². The largest absolute Gasteiger partial charge is 0.249 e. The van der Waals surface area contributed by atoms with Crippen LogP contribution in [-0.4, -0.2) is 34.5 Å². The lowest BCUT2D eigenvalue weighted by atomic mass is 9.94. The molecular formula is C17H23BrF2N2O3S2. The summed E-state index contributed by atoms with van der Waals surface area (Å²) in [6, 6.07) is 5.37. The third kappa shape index (κ3) is 5.34. The summed E-state index contributed by atoms with van der Waals surface area (Å²) in [7, 11) is -6.13. The fourth-order valence-electron chi connectivity index (χ4n) is 2.07. The quantitative estimate of drug-likeness (QED) is 0.641. The molecule has 1 aromatic carbocycles. The minimum Gasteiger partial charge on any atom is -0.249 e. The van der Waals surface area contributed by atoms with Gasteiger partial charge in [-0.3, -0.25) is 0 Å². The van der Waals surface area contributed by atoms with Crippen molar-refractivity contribution in [2.45, 2.75) is 49.7 Å². The number of hydrogen-bond donors (Lipinski definition) is 1. The third-order valence-corrected chi connectivity index (χ3v) is 8.70. The van der Waals surface area contributed by atoms with Gasteiger partial charge >= 0.3 is 0 Å². The number of rotatable bonds is 7. The lowest BCUT2D eigenvalue weighted by Gasteiger charge is -2.36.